The van der Waals surface area contributed by atoms with Crippen LogP contribution in [0.1, 0.15) is 23.2 Å². The molecule has 1 aromatic rings. The van der Waals surface area contributed by atoms with Crippen molar-refractivity contribution >= 4 is 11.8 Å². The number of aliphatic carboxylic acids is 1. The fourth-order valence-corrected chi connectivity index (χ4v) is 2.22. The van der Waals surface area contributed by atoms with E-state index in [2.05, 4.69) is 11.9 Å². The van der Waals surface area contributed by atoms with Gasteiger partial charge in [0.2, 0.25) is 0 Å². The van der Waals surface area contributed by atoms with Crippen molar-refractivity contribution in [1.29, 1.82) is 0 Å². The summed E-state index contributed by atoms with van der Waals surface area (Å²) in [6.07, 6.45) is 2.27. The third-order valence-electron chi connectivity index (χ3n) is 3.19. The summed E-state index contributed by atoms with van der Waals surface area (Å²) in [6.45, 7) is 1.97. The first-order valence-corrected chi connectivity index (χ1v) is 6.29. The first-order chi connectivity index (χ1) is 9.06. The van der Waals surface area contributed by atoms with Gasteiger partial charge in [0.1, 0.15) is 11.9 Å². The summed E-state index contributed by atoms with van der Waals surface area (Å²) in [6, 6.07) is 6.26. The Balaban J connectivity index is 1.98. The predicted molar refractivity (Wildman–Crippen MR) is 69.6 cm³/mol. The summed E-state index contributed by atoms with van der Waals surface area (Å²) in [5.41, 5.74) is 0.167. The first-order valence-electron chi connectivity index (χ1n) is 6.29. The Morgan fingerprint density at radius 2 is 2.00 bits per heavy atom. The Kier molecular flexibility index (Phi) is 4.16. The quantitative estimate of drug-likeness (QED) is 0.657. The number of Topliss-reactive ketones (excluding diaryl/α,β-unsaturated/α-hetero) is 1. The van der Waals surface area contributed by atoms with Crippen molar-refractivity contribution in [3.8, 4) is 5.75 Å². The number of rotatable bonds is 4. The molecular weight excluding hydrogens is 246 g/mol. The van der Waals surface area contributed by atoms with Gasteiger partial charge in [-0.15, -0.1) is 0 Å². The molecule has 0 aromatic heterocycles. The number of likely N-dealkylation sites (tertiary alicyclic amines) is 1. The molecule has 0 saturated carbocycles. The number of hydrogen-bond acceptors (Lipinski definition) is 4. The van der Waals surface area contributed by atoms with Crippen LogP contribution in [0.5, 0.6) is 5.75 Å². The van der Waals surface area contributed by atoms with E-state index in [0.29, 0.717) is 5.75 Å². The summed E-state index contributed by atoms with van der Waals surface area (Å²) >= 11 is 0. The number of piperidine rings is 1. The molecular formula is C14H17NO4. The molecule has 102 valence electrons. The van der Waals surface area contributed by atoms with Gasteiger partial charge in [-0.05, 0) is 50.7 Å². The van der Waals surface area contributed by atoms with Crippen molar-refractivity contribution in [2.45, 2.75) is 18.9 Å². The van der Waals surface area contributed by atoms with Gasteiger partial charge in [-0.1, -0.05) is 0 Å². The first kappa shape index (κ1) is 13.5. The average molecular weight is 263 g/mol. The zero-order chi connectivity index (χ0) is 13.8. The molecule has 1 aromatic carbocycles. The predicted octanol–water partition coefficient (Wildman–Crippen LogP) is 1.43. The van der Waals surface area contributed by atoms with Crippen molar-refractivity contribution in [3.05, 3.63) is 29.8 Å². The van der Waals surface area contributed by atoms with E-state index < -0.39 is 11.8 Å². The monoisotopic (exact) mass is 263 g/mol. The lowest BCUT2D eigenvalue weighted by molar-refractivity contribution is -0.131. The molecule has 0 spiro atoms. The van der Waals surface area contributed by atoms with Gasteiger partial charge in [0.15, 0.2) is 0 Å². The summed E-state index contributed by atoms with van der Waals surface area (Å²) in [5, 5.41) is 8.61. The van der Waals surface area contributed by atoms with Gasteiger partial charge in [-0.2, -0.15) is 0 Å². The minimum Gasteiger partial charge on any atom is -0.489 e. The normalized spacial score (nSPS) is 19.9. The van der Waals surface area contributed by atoms with Crippen LogP contribution in [0.2, 0.25) is 0 Å². The van der Waals surface area contributed by atoms with Crippen LogP contribution in [0, 0.1) is 0 Å². The fourth-order valence-electron chi connectivity index (χ4n) is 2.22. The van der Waals surface area contributed by atoms with Gasteiger partial charge in [-0.3, -0.25) is 4.79 Å². The molecule has 0 aliphatic carbocycles. The highest BCUT2D eigenvalue weighted by Crippen LogP contribution is 2.18. The summed E-state index contributed by atoms with van der Waals surface area (Å²) < 4.78 is 5.82. The van der Waals surface area contributed by atoms with E-state index in [-0.39, 0.29) is 11.7 Å². The van der Waals surface area contributed by atoms with E-state index in [9.17, 15) is 9.59 Å². The molecule has 0 radical (unpaired) electrons. The van der Waals surface area contributed by atoms with Crippen LogP contribution in [0.15, 0.2) is 24.3 Å². The molecule has 1 N–H and O–H groups in total. The number of ether oxygens (including phenoxy) is 1. The second-order valence-corrected chi connectivity index (χ2v) is 4.80. The standard InChI is InChI=1S/C14H17NO4/c1-15-8-2-3-12(9-15)19-11-6-4-10(5-7-11)13(16)14(17)18/h4-7,12H,2-3,8-9H2,1H3,(H,17,18). The largest absolute Gasteiger partial charge is 0.489 e. The highest BCUT2D eigenvalue weighted by atomic mass is 16.5. The number of nitrogens with zero attached hydrogens (tertiary/aromatic N) is 1. The number of carbonyl (C=O) groups is 2. The van der Waals surface area contributed by atoms with E-state index in [4.69, 9.17) is 9.84 Å². The minimum absolute atomic E-state index is 0.153. The molecule has 1 aliphatic rings. The molecule has 1 aliphatic heterocycles. The maximum atomic E-state index is 11.2. The number of carboxylic acids is 1. The van der Waals surface area contributed by atoms with E-state index in [1.54, 1.807) is 12.1 Å². The summed E-state index contributed by atoms with van der Waals surface area (Å²) in [5.74, 6) is -1.67. The summed E-state index contributed by atoms with van der Waals surface area (Å²) in [7, 11) is 2.06. The SMILES string of the molecule is CN1CCCC(Oc2ccc(C(=O)C(=O)O)cc2)C1. The van der Waals surface area contributed by atoms with E-state index in [1.807, 2.05) is 0 Å². The third-order valence-corrected chi connectivity index (χ3v) is 3.19. The van der Waals surface area contributed by atoms with Crippen LogP contribution in [-0.4, -0.2) is 48.0 Å². The Morgan fingerprint density at radius 1 is 1.32 bits per heavy atom. The van der Waals surface area contributed by atoms with Gasteiger partial charge in [0.05, 0.1) is 0 Å². The Bertz CT molecular complexity index is 469. The fraction of sp³-hybridized carbons (Fsp3) is 0.429. The van der Waals surface area contributed by atoms with Gasteiger partial charge in [-0.25, -0.2) is 4.79 Å². The van der Waals surface area contributed by atoms with Crippen molar-refractivity contribution in [2.24, 2.45) is 0 Å². The van der Waals surface area contributed by atoms with Gasteiger partial charge in [0.25, 0.3) is 5.78 Å². The molecule has 0 amide bonds. The second-order valence-electron chi connectivity index (χ2n) is 4.80. The Hall–Kier alpha value is -1.88. The van der Waals surface area contributed by atoms with E-state index in [0.717, 1.165) is 25.9 Å². The molecule has 19 heavy (non-hydrogen) atoms. The van der Waals surface area contributed by atoms with E-state index >= 15 is 0 Å². The van der Waals surface area contributed by atoms with Crippen molar-refractivity contribution in [3.63, 3.8) is 0 Å². The summed E-state index contributed by atoms with van der Waals surface area (Å²) in [4.78, 5) is 24.0. The zero-order valence-corrected chi connectivity index (χ0v) is 10.8. The number of carbonyl (C=O) groups excluding carboxylic acids is 1. The zero-order valence-electron chi connectivity index (χ0n) is 10.8. The lowest BCUT2D eigenvalue weighted by Crippen LogP contribution is -2.38. The lowest BCUT2D eigenvalue weighted by Gasteiger charge is -2.30. The molecule has 0 bridgehead atoms. The highest BCUT2D eigenvalue weighted by Gasteiger charge is 2.19. The number of benzene rings is 1. The molecule has 2 rings (SSSR count). The van der Waals surface area contributed by atoms with Crippen LogP contribution >= 0.6 is 0 Å². The van der Waals surface area contributed by atoms with Crippen LogP contribution in [-0.2, 0) is 4.79 Å². The second kappa shape index (κ2) is 5.84. The molecule has 5 heteroatoms. The maximum absolute atomic E-state index is 11.2. The van der Waals surface area contributed by atoms with Crippen LogP contribution < -0.4 is 4.74 Å². The van der Waals surface area contributed by atoms with Crippen molar-refractivity contribution < 1.29 is 19.4 Å². The maximum Gasteiger partial charge on any atom is 0.377 e. The molecule has 1 saturated heterocycles. The van der Waals surface area contributed by atoms with Crippen LogP contribution in [0.3, 0.4) is 0 Å². The topological polar surface area (TPSA) is 66.8 Å². The molecule has 1 heterocycles. The third kappa shape index (κ3) is 3.54. The van der Waals surface area contributed by atoms with Gasteiger partial charge < -0.3 is 14.7 Å². The molecule has 1 atom stereocenters. The van der Waals surface area contributed by atoms with Crippen LogP contribution in [0.4, 0.5) is 0 Å². The van der Waals surface area contributed by atoms with Gasteiger partial charge >= 0.3 is 5.97 Å². The molecule has 5 nitrogen and oxygen atoms in total. The minimum atomic E-state index is -1.44. The Morgan fingerprint density at radius 3 is 2.58 bits per heavy atom. The highest BCUT2D eigenvalue weighted by molar-refractivity contribution is 6.39. The average Bonchev–Trinajstić information content (AvgIpc) is 2.39. The smallest absolute Gasteiger partial charge is 0.377 e. The van der Waals surface area contributed by atoms with Crippen LogP contribution in [0.25, 0.3) is 0 Å². The number of likely N-dealkylation sites (N-methyl/N-ethyl adjacent to an activating group) is 1. The molecule has 1 unspecified atom stereocenters. The van der Waals surface area contributed by atoms with E-state index in [1.165, 1.54) is 12.1 Å². The van der Waals surface area contributed by atoms with Crippen molar-refractivity contribution in [1.82, 2.24) is 4.90 Å². The Labute approximate surface area is 111 Å². The molecule has 1 fully saturated rings. The number of carboxylic acid groups (broad SMARTS) is 1. The van der Waals surface area contributed by atoms with Gasteiger partial charge in [0, 0.05) is 12.1 Å². The van der Waals surface area contributed by atoms with Crippen molar-refractivity contribution in [2.75, 3.05) is 20.1 Å². The lowest BCUT2D eigenvalue weighted by atomic mass is 10.1. The number of hydrogen-bond donors (Lipinski definition) is 1. The number of ketones is 1.